The molecule has 0 fully saturated rings. The first-order valence-corrected chi connectivity index (χ1v) is 7.32. The number of hydrogen-bond donors (Lipinski definition) is 2. The van der Waals surface area contributed by atoms with Gasteiger partial charge in [-0.3, -0.25) is 0 Å². The highest BCUT2D eigenvalue weighted by atomic mass is 15.1. The van der Waals surface area contributed by atoms with Crippen molar-refractivity contribution in [1.82, 2.24) is 9.97 Å². The molecule has 0 unspecified atom stereocenters. The first kappa shape index (κ1) is 15.3. The molecule has 2 rings (SSSR count). The van der Waals surface area contributed by atoms with Crippen molar-refractivity contribution in [2.24, 2.45) is 0 Å². The minimum atomic E-state index is 0.343. The van der Waals surface area contributed by atoms with Crippen molar-refractivity contribution in [3.05, 3.63) is 40.7 Å². The van der Waals surface area contributed by atoms with E-state index in [0.29, 0.717) is 6.04 Å². The van der Waals surface area contributed by atoms with E-state index in [2.05, 4.69) is 67.4 Å². The fourth-order valence-electron chi connectivity index (χ4n) is 2.51. The SMILES string of the molecule is Cc1cc(C)c(Nc2cc(NC(C)C)nc(C)n2)c(C)c1. The van der Waals surface area contributed by atoms with Crippen LogP contribution in [0.5, 0.6) is 0 Å². The molecule has 1 aromatic heterocycles. The third-order valence-electron chi connectivity index (χ3n) is 3.20. The fourth-order valence-corrected chi connectivity index (χ4v) is 2.51. The summed E-state index contributed by atoms with van der Waals surface area (Å²) in [6.45, 7) is 12.4. The lowest BCUT2D eigenvalue weighted by Crippen LogP contribution is -2.12. The molecule has 0 amide bonds. The first-order valence-electron chi connectivity index (χ1n) is 7.32. The molecular formula is C17H24N4. The largest absolute Gasteiger partial charge is 0.368 e. The quantitative estimate of drug-likeness (QED) is 0.880. The summed E-state index contributed by atoms with van der Waals surface area (Å²) in [5.74, 6) is 2.42. The lowest BCUT2D eigenvalue weighted by atomic mass is 10.1. The molecule has 0 aliphatic rings. The van der Waals surface area contributed by atoms with Gasteiger partial charge in [-0.05, 0) is 52.7 Å². The number of aryl methyl sites for hydroxylation is 4. The van der Waals surface area contributed by atoms with E-state index in [4.69, 9.17) is 0 Å². The Labute approximate surface area is 127 Å². The van der Waals surface area contributed by atoms with E-state index >= 15 is 0 Å². The molecule has 0 saturated carbocycles. The van der Waals surface area contributed by atoms with Crippen molar-refractivity contribution >= 4 is 17.3 Å². The Morgan fingerprint density at radius 3 is 2.00 bits per heavy atom. The summed E-state index contributed by atoms with van der Waals surface area (Å²) in [6, 6.07) is 6.65. The normalized spacial score (nSPS) is 10.8. The Hall–Kier alpha value is -2.10. The third kappa shape index (κ3) is 3.94. The molecule has 0 saturated heterocycles. The minimum absolute atomic E-state index is 0.343. The lowest BCUT2D eigenvalue weighted by Gasteiger charge is -2.15. The van der Waals surface area contributed by atoms with Gasteiger partial charge in [0.2, 0.25) is 0 Å². The van der Waals surface area contributed by atoms with Gasteiger partial charge in [0, 0.05) is 17.8 Å². The van der Waals surface area contributed by atoms with Crippen LogP contribution < -0.4 is 10.6 Å². The number of aromatic nitrogens is 2. The van der Waals surface area contributed by atoms with Gasteiger partial charge in [-0.2, -0.15) is 0 Å². The second kappa shape index (κ2) is 6.12. The van der Waals surface area contributed by atoms with Crippen molar-refractivity contribution in [2.75, 3.05) is 10.6 Å². The van der Waals surface area contributed by atoms with Crippen LogP contribution in [0.15, 0.2) is 18.2 Å². The molecular weight excluding hydrogens is 260 g/mol. The maximum atomic E-state index is 4.48. The molecule has 4 heteroatoms. The second-order valence-corrected chi connectivity index (χ2v) is 5.88. The topological polar surface area (TPSA) is 49.8 Å². The Morgan fingerprint density at radius 2 is 1.43 bits per heavy atom. The molecule has 0 bridgehead atoms. The molecule has 4 nitrogen and oxygen atoms in total. The highest BCUT2D eigenvalue weighted by Gasteiger charge is 2.07. The van der Waals surface area contributed by atoms with Gasteiger partial charge in [-0.15, -0.1) is 0 Å². The molecule has 0 atom stereocenters. The van der Waals surface area contributed by atoms with Crippen LogP contribution in [0, 0.1) is 27.7 Å². The standard InChI is InChI=1S/C17H24N4/c1-10(2)18-15-9-16(20-14(6)19-15)21-17-12(4)7-11(3)8-13(17)5/h7-10H,1-6H3,(H2,18,19,20,21). The van der Waals surface area contributed by atoms with Gasteiger partial charge >= 0.3 is 0 Å². The summed E-state index contributed by atoms with van der Waals surface area (Å²) in [6.07, 6.45) is 0. The minimum Gasteiger partial charge on any atom is -0.368 e. The van der Waals surface area contributed by atoms with E-state index in [0.717, 1.165) is 23.1 Å². The highest BCUT2D eigenvalue weighted by Crippen LogP contribution is 2.26. The predicted octanol–water partition coefficient (Wildman–Crippen LogP) is 4.27. The summed E-state index contributed by atoms with van der Waals surface area (Å²) in [5.41, 5.74) is 4.84. The van der Waals surface area contributed by atoms with Crippen molar-refractivity contribution in [3.63, 3.8) is 0 Å². The number of nitrogens with zero attached hydrogens (tertiary/aromatic N) is 2. The van der Waals surface area contributed by atoms with Crippen LogP contribution in [0.25, 0.3) is 0 Å². The first-order chi connectivity index (χ1) is 9.85. The van der Waals surface area contributed by atoms with Crippen molar-refractivity contribution in [3.8, 4) is 0 Å². The lowest BCUT2D eigenvalue weighted by molar-refractivity contribution is 0.881. The smallest absolute Gasteiger partial charge is 0.136 e. The Bertz CT molecular complexity index is 624. The maximum absolute atomic E-state index is 4.48. The van der Waals surface area contributed by atoms with Crippen molar-refractivity contribution < 1.29 is 0 Å². The van der Waals surface area contributed by atoms with E-state index in [1.54, 1.807) is 0 Å². The van der Waals surface area contributed by atoms with Crippen LogP contribution >= 0.6 is 0 Å². The van der Waals surface area contributed by atoms with Crippen LogP contribution in [0.4, 0.5) is 17.3 Å². The van der Waals surface area contributed by atoms with Crippen LogP contribution in [-0.2, 0) is 0 Å². The van der Waals surface area contributed by atoms with Gasteiger partial charge < -0.3 is 10.6 Å². The van der Waals surface area contributed by atoms with Crippen LogP contribution in [0.1, 0.15) is 36.4 Å². The number of nitrogens with one attached hydrogen (secondary N) is 2. The summed E-state index contributed by atoms with van der Waals surface area (Å²) >= 11 is 0. The molecule has 1 heterocycles. The molecule has 112 valence electrons. The molecule has 0 aliphatic carbocycles. The summed E-state index contributed by atoms with van der Waals surface area (Å²) in [7, 11) is 0. The van der Waals surface area contributed by atoms with Crippen LogP contribution in [0.2, 0.25) is 0 Å². The number of hydrogen-bond acceptors (Lipinski definition) is 4. The predicted molar refractivity (Wildman–Crippen MR) is 89.5 cm³/mol. The highest BCUT2D eigenvalue weighted by molar-refractivity contribution is 5.66. The fraction of sp³-hybridized carbons (Fsp3) is 0.412. The number of benzene rings is 1. The summed E-state index contributed by atoms with van der Waals surface area (Å²) in [5, 5.41) is 6.75. The van der Waals surface area contributed by atoms with E-state index in [-0.39, 0.29) is 0 Å². The Kier molecular flexibility index (Phi) is 4.46. The van der Waals surface area contributed by atoms with Gasteiger partial charge in [-0.1, -0.05) is 17.7 Å². The molecule has 0 aliphatic heterocycles. The molecule has 1 aromatic carbocycles. The van der Waals surface area contributed by atoms with E-state index in [9.17, 15) is 0 Å². The van der Waals surface area contributed by atoms with Gasteiger partial charge in [0.15, 0.2) is 0 Å². The zero-order valence-corrected chi connectivity index (χ0v) is 13.7. The molecule has 2 aromatic rings. The zero-order valence-electron chi connectivity index (χ0n) is 13.7. The summed E-state index contributed by atoms with van der Waals surface area (Å²) < 4.78 is 0. The average molecular weight is 284 g/mol. The molecule has 0 radical (unpaired) electrons. The maximum Gasteiger partial charge on any atom is 0.136 e. The second-order valence-electron chi connectivity index (χ2n) is 5.88. The monoisotopic (exact) mass is 284 g/mol. The van der Waals surface area contributed by atoms with Gasteiger partial charge in [0.25, 0.3) is 0 Å². The number of anilines is 3. The van der Waals surface area contributed by atoms with Crippen LogP contribution in [-0.4, -0.2) is 16.0 Å². The molecule has 2 N–H and O–H groups in total. The Balaban J connectivity index is 2.33. The van der Waals surface area contributed by atoms with E-state index in [1.165, 1.54) is 16.7 Å². The average Bonchev–Trinajstić information content (AvgIpc) is 2.32. The van der Waals surface area contributed by atoms with Gasteiger partial charge in [0.05, 0.1) is 0 Å². The zero-order chi connectivity index (χ0) is 15.6. The number of rotatable bonds is 4. The van der Waals surface area contributed by atoms with Gasteiger partial charge in [0.1, 0.15) is 17.5 Å². The summed E-state index contributed by atoms with van der Waals surface area (Å²) in [4.78, 5) is 8.89. The molecule has 0 spiro atoms. The van der Waals surface area contributed by atoms with Gasteiger partial charge in [-0.25, -0.2) is 9.97 Å². The third-order valence-corrected chi connectivity index (χ3v) is 3.20. The Morgan fingerprint density at radius 1 is 0.857 bits per heavy atom. The van der Waals surface area contributed by atoms with E-state index in [1.807, 2.05) is 13.0 Å². The van der Waals surface area contributed by atoms with Crippen LogP contribution in [0.3, 0.4) is 0 Å². The van der Waals surface area contributed by atoms with E-state index < -0.39 is 0 Å². The van der Waals surface area contributed by atoms with Crippen molar-refractivity contribution in [1.29, 1.82) is 0 Å². The van der Waals surface area contributed by atoms with Crippen molar-refractivity contribution in [2.45, 2.75) is 47.6 Å². The molecule has 21 heavy (non-hydrogen) atoms.